The molecule has 0 atom stereocenters. The Balaban J connectivity index is 1.49. The summed E-state index contributed by atoms with van der Waals surface area (Å²) in [7, 11) is 1.78. The molecule has 0 saturated carbocycles. The lowest BCUT2D eigenvalue weighted by Gasteiger charge is -2.41. The van der Waals surface area contributed by atoms with Crippen LogP contribution in [0.25, 0.3) is 0 Å². The van der Waals surface area contributed by atoms with E-state index in [1.54, 1.807) is 13.2 Å². The maximum atomic E-state index is 5.89. The minimum atomic E-state index is 0.0136. The van der Waals surface area contributed by atoms with E-state index in [9.17, 15) is 0 Å². The average molecular weight is 442 g/mol. The van der Waals surface area contributed by atoms with Gasteiger partial charge in [-0.15, -0.1) is 0 Å². The van der Waals surface area contributed by atoms with Crippen LogP contribution in [0, 0.1) is 0 Å². The molecule has 1 aliphatic heterocycles. The molecule has 0 bridgehead atoms. The Morgan fingerprint density at radius 3 is 2.53 bits per heavy atom. The van der Waals surface area contributed by atoms with Crippen molar-refractivity contribution in [3.05, 3.63) is 48.2 Å². The first-order valence-electron chi connectivity index (χ1n) is 11.1. The summed E-state index contributed by atoms with van der Waals surface area (Å²) < 4.78 is 17.0. The van der Waals surface area contributed by atoms with Gasteiger partial charge in [0, 0.05) is 51.0 Å². The van der Waals surface area contributed by atoms with Gasteiger partial charge in [-0.25, -0.2) is 4.98 Å². The number of guanidine groups is 1. The number of benzene rings is 1. The largest absolute Gasteiger partial charge is 0.490 e. The average Bonchev–Trinajstić information content (AvgIpc) is 2.82. The Morgan fingerprint density at radius 1 is 1.12 bits per heavy atom. The molecule has 1 aromatic carbocycles. The van der Waals surface area contributed by atoms with E-state index in [0.29, 0.717) is 30.5 Å². The first kappa shape index (κ1) is 23.8. The zero-order valence-electron chi connectivity index (χ0n) is 19.6. The predicted molar refractivity (Wildman–Crippen MR) is 127 cm³/mol. The maximum Gasteiger partial charge on any atom is 0.219 e. The van der Waals surface area contributed by atoms with Crippen LogP contribution in [0.1, 0.15) is 26.3 Å². The van der Waals surface area contributed by atoms with Gasteiger partial charge in [0.1, 0.15) is 0 Å². The van der Waals surface area contributed by atoms with Gasteiger partial charge in [-0.3, -0.25) is 9.89 Å². The van der Waals surface area contributed by atoms with Gasteiger partial charge < -0.3 is 24.8 Å². The fourth-order valence-corrected chi connectivity index (χ4v) is 3.48. The van der Waals surface area contributed by atoms with Crippen molar-refractivity contribution in [3.8, 4) is 17.4 Å². The Labute approximate surface area is 191 Å². The zero-order valence-corrected chi connectivity index (χ0v) is 19.6. The molecule has 8 nitrogen and oxygen atoms in total. The van der Waals surface area contributed by atoms with Crippen LogP contribution in [0.5, 0.6) is 17.4 Å². The van der Waals surface area contributed by atoms with Crippen molar-refractivity contribution < 1.29 is 14.2 Å². The standard InChI is InChI=1S/C24H35N5O3/c1-5-31-20-8-6-7-9-21(20)32-22-11-10-19(16-26-22)17-27-23(25-4)28-18-24(2,3)29-12-14-30-15-13-29/h6-11,16H,5,12-15,17-18H2,1-4H3,(H2,25,27,28). The minimum absolute atomic E-state index is 0.0136. The minimum Gasteiger partial charge on any atom is -0.490 e. The number of nitrogens with one attached hydrogen (secondary N) is 2. The zero-order chi connectivity index (χ0) is 22.8. The lowest BCUT2D eigenvalue weighted by Crippen LogP contribution is -2.56. The summed E-state index contributed by atoms with van der Waals surface area (Å²) in [6.45, 7) is 11.9. The summed E-state index contributed by atoms with van der Waals surface area (Å²) in [6, 6.07) is 11.4. The van der Waals surface area contributed by atoms with Crippen LogP contribution in [-0.2, 0) is 11.3 Å². The van der Waals surface area contributed by atoms with Gasteiger partial charge in [0.05, 0.1) is 19.8 Å². The summed E-state index contributed by atoms with van der Waals surface area (Å²) in [4.78, 5) is 11.2. The third-order valence-corrected chi connectivity index (χ3v) is 5.40. The third-order valence-electron chi connectivity index (χ3n) is 5.40. The van der Waals surface area contributed by atoms with E-state index in [-0.39, 0.29) is 5.54 Å². The Hall–Kier alpha value is -2.84. The van der Waals surface area contributed by atoms with E-state index in [4.69, 9.17) is 14.2 Å². The molecule has 1 aromatic heterocycles. The fourth-order valence-electron chi connectivity index (χ4n) is 3.48. The summed E-state index contributed by atoms with van der Waals surface area (Å²) in [6.07, 6.45) is 1.80. The molecule has 174 valence electrons. The summed E-state index contributed by atoms with van der Waals surface area (Å²) >= 11 is 0. The van der Waals surface area contributed by atoms with Gasteiger partial charge in [0.25, 0.3) is 0 Å². The van der Waals surface area contributed by atoms with E-state index in [2.05, 4.69) is 39.4 Å². The molecular weight excluding hydrogens is 406 g/mol. The van der Waals surface area contributed by atoms with Crippen LogP contribution in [0.4, 0.5) is 0 Å². The molecule has 0 radical (unpaired) electrons. The number of aliphatic imine (C=N–C) groups is 1. The smallest absolute Gasteiger partial charge is 0.219 e. The number of ether oxygens (including phenoxy) is 3. The SMILES string of the molecule is CCOc1ccccc1Oc1ccc(CNC(=NC)NCC(C)(C)N2CCOCC2)cn1. The number of aromatic nitrogens is 1. The lowest BCUT2D eigenvalue weighted by molar-refractivity contribution is -0.00834. The Morgan fingerprint density at radius 2 is 1.88 bits per heavy atom. The van der Waals surface area contributed by atoms with Gasteiger partial charge in [-0.1, -0.05) is 18.2 Å². The second-order valence-electron chi connectivity index (χ2n) is 8.18. The van der Waals surface area contributed by atoms with Crippen molar-refractivity contribution in [2.45, 2.75) is 32.9 Å². The molecule has 0 aliphatic carbocycles. The highest BCUT2D eigenvalue weighted by Crippen LogP contribution is 2.30. The highest BCUT2D eigenvalue weighted by atomic mass is 16.5. The first-order valence-corrected chi connectivity index (χ1v) is 11.1. The normalized spacial score (nSPS) is 15.3. The molecule has 1 aliphatic rings. The molecule has 0 unspecified atom stereocenters. The second-order valence-corrected chi connectivity index (χ2v) is 8.18. The van der Waals surface area contributed by atoms with Gasteiger partial charge >= 0.3 is 0 Å². The quantitative estimate of drug-likeness (QED) is 0.457. The number of rotatable bonds is 9. The topological polar surface area (TPSA) is 80.2 Å². The van der Waals surface area contributed by atoms with Crippen molar-refractivity contribution in [2.24, 2.45) is 4.99 Å². The van der Waals surface area contributed by atoms with Crippen LogP contribution in [-0.4, -0.2) is 67.9 Å². The molecule has 32 heavy (non-hydrogen) atoms. The molecule has 0 spiro atoms. The molecule has 8 heteroatoms. The Bertz CT molecular complexity index is 864. The number of morpholine rings is 1. The van der Waals surface area contributed by atoms with E-state index >= 15 is 0 Å². The fraction of sp³-hybridized carbons (Fsp3) is 0.500. The molecule has 2 heterocycles. The lowest BCUT2D eigenvalue weighted by atomic mass is 10.0. The molecule has 3 rings (SSSR count). The van der Waals surface area contributed by atoms with Gasteiger partial charge in [-0.2, -0.15) is 0 Å². The number of para-hydroxylation sites is 2. The van der Waals surface area contributed by atoms with E-state index in [0.717, 1.165) is 44.4 Å². The van der Waals surface area contributed by atoms with Gasteiger partial charge in [0.2, 0.25) is 5.88 Å². The molecule has 1 fully saturated rings. The van der Waals surface area contributed by atoms with Crippen LogP contribution < -0.4 is 20.1 Å². The molecule has 0 amide bonds. The highest BCUT2D eigenvalue weighted by molar-refractivity contribution is 5.79. The van der Waals surface area contributed by atoms with Crippen molar-refractivity contribution in [2.75, 3.05) is 46.5 Å². The van der Waals surface area contributed by atoms with Gasteiger partial charge in [-0.05, 0) is 38.5 Å². The number of hydrogen-bond donors (Lipinski definition) is 2. The predicted octanol–water partition coefficient (Wildman–Crippen LogP) is 3.05. The maximum absolute atomic E-state index is 5.89. The molecule has 2 aromatic rings. The van der Waals surface area contributed by atoms with E-state index in [1.807, 2.05) is 43.3 Å². The summed E-state index contributed by atoms with van der Waals surface area (Å²) in [5.41, 5.74) is 1.05. The van der Waals surface area contributed by atoms with Crippen LogP contribution in [0.2, 0.25) is 0 Å². The molecular formula is C24H35N5O3. The van der Waals surface area contributed by atoms with Gasteiger partial charge in [0.15, 0.2) is 17.5 Å². The number of pyridine rings is 1. The van der Waals surface area contributed by atoms with Crippen LogP contribution in [0.15, 0.2) is 47.6 Å². The second kappa shape index (κ2) is 11.7. The van der Waals surface area contributed by atoms with Crippen molar-refractivity contribution in [1.29, 1.82) is 0 Å². The van der Waals surface area contributed by atoms with E-state index < -0.39 is 0 Å². The van der Waals surface area contributed by atoms with E-state index in [1.165, 1.54) is 0 Å². The van der Waals surface area contributed by atoms with Crippen LogP contribution in [0.3, 0.4) is 0 Å². The Kier molecular flexibility index (Phi) is 8.70. The molecule has 1 saturated heterocycles. The molecule has 2 N–H and O–H groups in total. The van der Waals surface area contributed by atoms with Crippen molar-refractivity contribution in [1.82, 2.24) is 20.5 Å². The first-order chi connectivity index (χ1) is 15.5. The summed E-state index contributed by atoms with van der Waals surface area (Å²) in [5, 5.41) is 6.79. The highest BCUT2D eigenvalue weighted by Gasteiger charge is 2.28. The van der Waals surface area contributed by atoms with Crippen molar-refractivity contribution >= 4 is 5.96 Å². The number of nitrogens with zero attached hydrogens (tertiary/aromatic N) is 3. The van der Waals surface area contributed by atoms with Crippen molar-refractivity contribution in [3.63, 3.8) is 0 Å². The number of hydrogen-bond acceptors (Lipinski definition) is 6. The monoisotopic (exact) mass is 441 g/mol. The third kappa shape index (κ3) is 6.83. The summed E-state index contributed by atoms with van der Waals surface area (Å²) in [5.74, 6) is 2.64. The van der Waals surface area contributed by atoms with Crippen LogP contribution >= 0.6 is 0 Å².